The first-order valence-corrected chi connectivity index (χ1v) is 13.0. The number of hydrogen-bond acceptors (Lipinski definition) is 4. The first kappa shape index (κ1) is 27.5. The molecule has 2 fully saturated rings. The molecule has 0 unspecified atom stereocenters. The van der Waals surface area contributed by atoms with Crippen LogP contribution in [0.25, 0.3) is 0 Å². The lowest BCUT2D eigenvalue weighted by Gasteiger charge is -2.35. The lowest BCUT2D eigenvalue weighted by atomic mass is 9.93. The molecule has 0 bridgehead atoms. The smallest absolute Gasteiger partial charge is 0.319 e. The van der Waals surface area contributed by atoms with E-state index in [0.717, 1.165) is 24.8 Å². The topological polar surface area (TPSA) is 93.8 Å². The molecule has 1 aliphatic heterocycles. The second kappa shape index (κ2) is 11.5. The molecule has 4 amide bonds. The maximum absolute atomic E-state index is 14.8. The van der Waals surface area contributed by atoms with E-state index in [2.05, 4.69) is 20.9 Å². The van der Waals surface area contributed by atoms with Gasteiger partial charge >= 0.3 is 6.03 Å². The molecule has 3 N–H and O–H groups in total. The van der Waals surface area contributed by atoms with Crippen molar-refractivity contribution < 1.29 is 23.2 Å². The third-order valence-corrected chi connectivity index (χ3v) is 6.74. The summed E-state index contributed by atoms with van der Waals surface area (Å²) in [6.07, 6.45) is 2.76. The van der Waals surface area contributed by atoms with Crippen LogP contribution in [0.1, 0.15) is 66.3 Å². The summed E-state index contributed by atoms with van der Waals surface area (Å²) >= 11 is 0. The van der Waals surface area contributed by atoms with Crippen molar-refractivity contribution >= 4 is 23.5 Å². The van der Waals surface area contributed by atoms with Crippen molar-refractivity contribution in [1.29, 1.82) is 0 Å². The molecule has 204 valence electrons. The number of nitrogens with one attached hydrogen (secondary N) is 3. The van der Waals surface area contributed by atoms with E-state index < -0.39 is 23.6 Å². The van der Waals surface area contributed by atoms with Crippen molar-refractivity contribution in [2.75, 3.05) is 31.5 Å². The van der Waals surface area contributed by atoms with E-state index in [4.69, 9.17) is 0 Å². The van der Waals surface area contributed by atoms with Gasteiger partial charge in [0.2, 0.25) is 0 Å². The van der Waals surface area contributed by atoms with E-state index in [1.54, 1.807) is 6.07 Å². The van der Waals surface area contributed by atoms with Crippen LogP contribution in [0, 0.1) is 11.6 Å². The highest BCUT2D eigenvalue weighted by molar-refractivity contribution is 5.96. The fourth-order valence-corrected chi connectivity index (χ4v) is 4.47. The van der Waals surface area contributed by atoms with Crippen LogP contribution in [0.5, 0.6) is 0 Å². The van der Waals surface area contributed by atoms with Crippen molar-refractivity contribution in [1.82, 2.24) is 20.4 Å². The van der Waals surface area contributed by atoms with Crippen LogP contribution in [0.3, 0.4) is 0 Å². The van der Waals surface area contributed by atoms with Crippen LogP contribution in [0.2, 0.25) is 0 Å². The Balaban J connectivity index is 1.32. The minimum absolute atomic E-state index is 0.0549. The third-order valence-electron chi connectivity index (χ3n) is 6.74. The van der Waals surface area contributed by atoms with E-state index in [-0.39, 0.29) is 28.7 Å². The number of piperazine rings is 1. The second-order valence-electron chi connectivity index (χ2n) is 11.0. The highest BCUT2D eigenvalue weighted by Gasteiger charge is 2.27. The molecule has 0 aromatic heterocycles. The fraction of sp³-hybridized carbons (Fsp3) is 0.464. The maximum Gasteiger partial charge on any atom is 0.319 e. The van der Waals surface area contributed by atoms with Gasteiger partial charge in [-0.3, -0.25) is 14.5 Å². The lowest BCUT2D eigenvalue weighted by molar-refractivity contribution is 0.0622. The maximum atomic E-state index is 14.8. The van der Waals surface area contributed by atoms with Gasteiger partial charge in [0.05, 0.1) is 11.3 Å². The molecule has 2 aromatic rings. The molecule has 2 aromatic carbocycles. The molecule has 10 heteroatoms. The highest BCUT2D eigenvalue weighted by atomic mass is 19.2. The fourth-order valence-electron chi connectivity index (χ4n) is 4.47. The number of hydrogen-bond donors (Lipinski definition) is 3. The summed E-state index contributed by atoms with van der Waals surface area (Å²) in [5.74, 6) is -3.26. The number of carbonyl (C=O) groups excluding carboxylic acids is 3. The van der Waals surface area contributed by atoms with Crippen LogP contribution in [-0.4, -0.2) is 65.4 Å². The standard InChI is InChI=1S/C28H35F2N5O3/c1-28(2,3)33-25(36)19-7-4-6-18(16-19)17-34-12-14-35(15-13-34)26(37)21-10-11-22(24(30)23(21)29)32-27(38)31-20-8-5-9-20/h4,6-7,10-11,16,20H,5,8-9,12-15,17H2,1-3H3,(H,33,36)(H2,31,32,38). The summed E-state index contributed by atoms with van der Waals surface area (Å²) in [7, 11) is 0. The summed E-state index contributed by atoms with van der Waals surface area (Å²) in [6.45, 7) is 8.20. The second-order valence-corrected chi connectivity index (χ2v) is 11.0. The van der Waals surface area contributed by atoms with Crippen LogP contribution >= 0.6 is 0 Å². The number of benzene rings is 2. The number of carbonyl (C=O) groups is 3. The average molecular weight is 528 g/mol. The van der Waals surface area contributed by atoms with Gasteiger partial charge in [0.25, 0.3) is 11.8 Å². The molecule has 1 saturated carbocycles. The number of nitrogens with zero attached hydrogens (tertiary/aromatic N) is 2. The predicted molar refractivity (Wildman–Crippen MR) is 141 cm³/mol. The molecule has 38 heavy (non-hydrogen) atoms. The van der Waals surface area contributed by atoms with Crippen LogP contribution < -0.4 is 16.0 Å². The van der Waals surface area contributed by atoms with E-state index >= 15 is 0 Å². The molecule has 0 radical (unpaired) electrons. The average Bonchev–Trinajstić information content (AvgIpc) is 2.84. The summed E-state index contributed by atoms with van der Waals surface area (Å²) < 4.78 is 29.4. The predicted octanol–water partition coefficient (Wildman–Crippen LogP) is 4.13. The number of urea groups is 1. The number of anilines is 1. The van der Waals surface area contributed by atoms with Gasteiger partial charge < -0.3 is 20.9 Å². The van der Waals surface area contributed by atoms with Gasteiger partial charge in [-0.1, -0.05) is 12.1 Å². The molecule has 0 atom stereocenters. The first-order valence-electron chi connectivity index (χ1n) is 13.0. The number of halogens is 2. The minimum Gasteiger partial charge on any atom is -0.347 e. The largest absolute Gasteiger partial charge is 0.347 e. The Bertz CT molecular complexity index is 1200. The monoisotopic (exact) mass is 527 g/mol. The summed E-state index contributed by atoms with van der Waals surface area (Å²) in [5.41, 5.74) is 0.558. The number of rotatable bonds is 6. The molecule has 0 spiro atoms. The van der Waals surface area contributed by atoms with Crippen molar-refractivity contribution in [2.24, 2.45) is 0 Å². The molecular formula is C28H35F2N5O3. The highest BCUT2D eigenvalue weighted by Crippen LogP contribution is 2.23. The first-order chi connectivity index (χ1) is 18.0. The van der Waals surface area contributed by atoms with Gasteiger partial charge in [-0.05, 0) is 69.9 Å². The van der Waals surface area contributed by atoms with E-state index in [1.807, 2.05) is 39.0 Å². The SMILES string of the molecule is CC(C)(C)NC(=O)c1cccc(CN2CCN(C(=O)c3ccc(NC(=O)NC4CCC4)c(F)c3F)CC2)c1. The van der Waals surface area contributed by atoms with E-state index in [1.165, 1.54) is 17.0 Å². The normalized spacial score (nSPS) is 16.5. The zero-order valence-electron chi connectivity index (χ0n) is 22.1. The molecule has 4 rings (SSSR count). The van der Waals surface area contributed by atoms with Gasteiger partial charge in [0.1, 0.15) is 0 Å². The molecule has 1 aliphatic carbocycles. The Morgan fingerprint density at radius 2 is 1.68 bits per heavy atom. The van der Waals surface area contributed by atoms with Gasteiger partial charge in [-0.2, -0.15) is 0 Å². The van der Waals surface area contributed by atoms with E-state index in [0.29, 0.717) is 38.3 Å². The van der Waals surface area contributed by atoms with Crippen LogP contribution in [0.15, 0.2) is 36.4 Å². The van der Waals surface area contributed by atoms with E-state index in [9.17, 15) is 23.2 Å². The van der Waals surface area contributed by atoms with Gasteiger partial charge in [-0.25, -0.2) is 13.6 Å². The Kier molecular flexibility index (Phi) is 8.30. The van der Waals surface area contributed by atoms with Crippen molar-refractivity contribution in [3.05, 3.63) is 64.7 Å². The molecular weight excluding hydrogens is 492 g/mol. The summed E-state index contributed by atoms with van der Waals surface area (Å²) in [6, 6.07) is 9.31. The number of amides is 4. The van der Waals surface area contributed by atoms with Crippen molar-refractivity contribution in [2.45, 2.75) is 58.2 Å². The third kappa shape index (κ3) is 6.86. The zero-order valence-corrected chi connectivity index (χ0v) is 22.1. The minimum atomic E-state index is -1.27. The van der Waals surface area contributed by atoms with Gasteiger partial charge in [-0.15, -0.1) is 0 Å². The Morgan fingerprint density at radius 3 is 2.32 bits per heavy atom. The molecule has 2 aliphatic rings. The Morgan fingerprint density at radius 1 is 0.974 bits per heavy atom. The van der Waals surface area contributed by atoms with Gasteiger partial charge in [0.15, 0.2) is 11.6 Å². The summed E-state index contributed by atoms with van der Waals surface area (Å²) in [4.78, 5) is 41.1. The molecule has 8 nitrogen and oxygen atoms in total. The summed E-state index contributed by atoms with van der Waals surface area (Å²) in [5, 5.41) is 7.98. The van der Waals surface area contributed by atoms with Crippen LogP contribution in [0.4, 0.5) is 19.3 Å². The quantitative estimate of drug-likeness (QED) is 0.527. The van der Waals surface area contributed by atoms with Crippen molar-refractivity contribution in [3.63, 3.8) is 0 Å². The zero-order chi connectivity index (χ0) is 27.4. The van der Waals surface area contributed by atoms with Gasteiger partial charge in [0, 0.05) is 49.9 Å². The molecule has 1 heterocycles. The van der Waals surface area contributed by atoms with Crippen LogP contribution in [-0.2, 0) is 6.54 Å². The Labute approximate surface area is 221 Å². The van der Waals surface area contributed by atoms with Crippen molar-refractivity contribution in [3.8, 4) is 0 Å². The molecule has 1 saturated heterocycles. The lowest BCUT2D eigenvalue weighted by Crippen LogP contribution is -2.48. The Hall–Kier alpha value is -3.53.